The molecule has 1 amide bonds. The summed E-state index contributed by atoms with van der Waals surface area (Å²) >= 11 is 0. The van der Waals surface area contributed by atoms with E-state index >= 15 is 0 Å². The van der Waals surface area contributed by atoms with Crippen LogP contribution in [0.5, 0.6) is 5.75 Å². The van der Waals surface area contributed by atoms with Gasteiger partial charge in [0.2, 0.25) is 5.91 Å². The Labute approximate surface area is 203 Å². The summed E-state index contributed by atoms with van der Waals surface area (Å²) in [5, 5.41) is 3.14. The van der Waals surface area contributed by atoms with Crippen LogP contribution in [0.1, 0.15) is 54.7 Å². The van der Waals surface area contributed by atoms with Crippen molar-refractivity contribution in [1.82, 2.24) is 9.80 Å². The minimum Gasteiger partial charge on any atom is -0.497 e. The van der Waals surface area contributed by atoms with Gasteiger partial charge < -0.3 is 10.1 Å². The predicted molar refractivity (Wildman–Crippen MR) is 138 cm³/mol. The first-order valence-corrected chi connectivity index (χ1v) is 12.9. The third-order valence-electron chi connectivity index (χ3n) is 7.67. The molecule has 0 unspecified atom stereocenters. The molecule has 0 bridgehead atoms. The zero-order chi connectivity index (χ0) is 23.3. The van der Waals surface area contributed by atoms with Crippen LogP contribution in [0.4, 0.5) is 5.69 Å². The Balaban J connectivity index is 1.10. The SMILES string of the molecule is COc1ccc(C2CCN(CC(=O)Nc3ccc4c(c3)CCC(CN3CCCC3)=C4)CC2)cc1. The summed E-state index contributed by atoms with van der Waals surface area (Å²) in [6, 6.07) is 14.8. The zero-order valence-corrected chi connectivity index (χ0v) is 20.4. The van der Waals surface area contributed by atoms with Crippen molar-refractivity contribution in [2.75, 3.05) is 51.7 Å². The Bertz CT molecular complexity index is 1020. The number of hydrogen-bond acceptors (Lipinski definition) is 4. The van der Waals surface area contributed by atoms with Crippen LogP contribution < -0.4 is 10.1 Å². The minimum absolute atomic E-state index is 0.0870. The van der Waals surface area contributed by atoms with E-state index in [9.17, 15) is 4.79 Å². The lowest BCUT2D eigenvalue weighted by atomic mass is 9.89. The summed E-state index contributed by atoms with van der Waals surface area (Å²) in [7, 11) is 1.70. The van der Waals surface area contributed by atoms with Gasteiger partial charge in [-0.2, -0.15) is 0 Å². The van der Waals surface area contributed by atoms with Gasteiger partial charge in [-0.05, 0) is 112 Å². The average Bonchev–Trinajstić information content (AvgIpc) is 3.38. The maximum atomic E-state index is 12.7. The van der Waals surface area contributed by atoms with E-state index in [1.165, 1.54) is 42.6 Å². The van der Waals surface area contributed by atoms with Gasteiger partial charge >= 0.3 is 0 Å². The Morgan fingerprint density at radius 3 is 2.47 bits per heavy atom. The number of benzene rings is 2. The van der Waals surface area contributed by atoms with Gasteiger partial charge in [-0.15, -0.1) is 0 Å². The fraction of sp³-hybridized carbons (Fsp3) is 0.483. The van der Waals surface area contributed by atoms with Gasteiger partial charge in [0.15, 0.2) is 0 Å². The van der Waals surface area contributed by atoms with Crippen LogP contribution >= 0.6 is 0 Å². The van der Waals surface area contributed by atoms with Crippen LogP contribution in [0.25, 0.3) is 6.08 Å². The van der Waals surface area contributed by atoms with Crippen molar-refractivity contribution in [3.63, 3.8) is 0 Å². The molecule has 0 aromatic heterocycles. The monoisotopic (exact) mass is 459 g/mol. The highest BCUT2D eigenvalue weighted by Gasteiger charge is 2.22. The molecule has 2 fully saturated rings. The van der Waals surface area contributed by atoms with Crippen LogP contribution in [0.15, 0.2) is 48.0 Å². The molecule has 0 saturated carbocycles. The number of anilines is 1. The molecule has 1 aliphatic carbocycles. The van der Waals surface area contributed by atoms with Crippen molar-refractivity contribution in [2.24, 2.45) is 0 Å². The van der Waals surface area contributed by atoms with E-state index in [0.717, 1.165) is 56.8 Å². The van der Waals surface area contributed by atoms with E-state index in [-0.39, 0.29) is 5.91 Å². The van der Waals surface area contributed by atoms with E-state index in [1.807, 2.05) is 12.1 Å². The Hall–Kier alpha value is -2.63. The second kappa shape index (κ2) is 10.7. The molecule has 2 aliphatic heterocycles. The van der Waals surface area contributed by atoms with Gasteiger partial charge in [0.25, 0.3) is 0 Å². The summed E-state index contributed by atoms with van der Waals surface area (Å²) < 4.78 is 5.27. The topological polar surface area (TPSA) is 44.8 Å². The highest BCUT2D eigenvalue weighted by molar-refractivity contribution is 5.92. The summed E-state index contributed by atoms with van der Waals surface area (Å²) in [4.78, 5) is 17.6. The first-order chi connectivity index (χ1) is 16.7. The third-order valence-corrected chi connectivity index (χ3v) is 7.67. The van der Waals surface area contributed by atoms with Crippen LogP contribution in [-0.4, -0.2) is 62.1 Å². The molecule has 2 heterocycles. The van der Waals surface area contributed by atoms with Gasteiger partial charge in [0.1, 0.15) is 5.75 Å². The van der Waals surface area contributed by atoms with Crippen molar-refractivity contribution >= 4 is 17.7 Å². The quantitative estimate of drug-likeness (QED) is 0.637. The third kappa shape index (κ3) is 5.70. The summed E-state index contributed by atoms with van der Waals surface area (Å²) in [6.07, 6.45) is 9.42. The number of carbonyl (C=O) groups is 1. The summed E-state index contributed by atoms with van der Waals surface area (Å²) in [5.41, 5.74) is 6.51. The second-order valence-electron chi connectivity index (χ2n) is 10.1. The van der Waals surface area contributed by atoms with Gasteiger partial charge in [-0.1, -0.05) is 29.8 Å². The number of likely N-dealkylation sites (tertiary alicyclic amines) is 2. The van der Waals surface area contributed by atoms with Crippen molar-refractivity contribution < 1.29 is 9.53 Å². The molecule has 3 aliphatic rings. The van der Waals surface area contributed by atoms with Crippen LogP contribution in [0, 0.1) is 0 Å². The summed E-state index contributed by atoms with van der Waals surface area (Å²) in [5.74, 6) is 1.55. The molecule has 5 rings (SSSR count). The van der Waals surface area contributed by atoms with E-state index in [4.69, 9.17) is 4.74 Å². The van der Waals surface area contributed by atoms with Gasteiger partial charge in [-0.3, -0.25) is 14.6 Å². The van der Waals surface area contributed by atoms with Crippen molar-refractivity contribution in [2.45, 2.75) is 44.4 Å². The predicted octanol–water partition coefficient (Wildman–Crippen LogP) is 4.94. The lowest BCUT2D eigenvalue weighted by Gasteiger charge is -2.31. The number of ether oxygens (including phenoxy) is 1. The molecule has 5 nitrogen and oxygen atoms in total. The number of amides is 1. The number of methoxy groups -OCH3 is 1. The molecule has 0 atom stereocenters. The molecular formula is C29H37N3O2. The lowest BCUT2D eigenvalue weighted by Crippen LogP contribution is -2.38. The molecule has 2 aromatic carbocycles. The number of rotatable bonds is 7. The minimum atomic E-state index is 0.0870. The maximum Gasteiger partial charge on any atom is 0.238 e. The van der Waals surface area contributed by atoms with Crippen LogP contribution in [0.2, 0.25) is 0 Å². The smallest absolute Gasteiger partial charge is 0.238 e. The number of nitrogens with zero attached hydrogens (tertiary/aromatic N) is 2. The molecule has 2 saturated heterocycles. The van der Waals surface area contributed by atoms with Crippen molar-refractivity contribution in [3.8, 4) is 5.75 Å². The van der Waals surface area contributed by atoms with Crippen LogP contribution in [0.3, 0.4) is 0 Å². The van der Waals surface area contributed by atoms with Gasteiger partial charge in [0, 0.05) is 12.2 Å². The molecule has 180 valence electrons. The van der Waals surface area contributed by atoms with Gasteiger partial charge in [0.05, 0.1) is 13.7 Å². The average molecular weight is 460 g/mol. The fourth-order valence-electron chi connectivity index (χ4n) is 5.68. The highest BCUT2D eigenvalue weighted by Crippen LogP contribution is 2.30. The Morgan fingerprint density at radius 1 is 0.971 bits per heavy atom. The zero-order valence-electron chi connectivity index (χ0n) is 20.4. The molecule has 0 radical (unpaired) electrons. The maximum absolute atomic E-state index is 12.7. The first kappa shape index (κ1) is 23.1. The Morgan fingerprint density at radius 2 is 1.74 bits per heavy atom. The highest BCUT2D eigenvalue weighted by atomic mass is 16.5. The van der Waals surface area contributed by atoms with Crippen LogP contribution in [-0.2, 0) is 11.2 Å². The first-order valence-electron chi connectivity index (χ1n) is 12.9. The number of carbonyl (C=O) groups excluding carboxylic acids is 1. The van der Waals surface area contributed by atoms with Crippen molar-refractivity contribution in [3.05, 3.63) is 64.7 Å². The van der Waals surface area contributed by atoms with E-state index in [2.05, 4.69) is 51.5 Å². The second-order valence-corrected chi connectivity index (χ2v) is 10.1. The standard InChI is InChI=1S/C29H37N3O2/c1-34-28-10-7-23(8-11-28)24-12-16-32(17-13-24)21-29(33)30-27-9-6-25-18-22(4-5-26(25)19-27)20-31-14-2-3-15-31/h6-11,18-19,24H,2-5,12-17,20-21H2,1H3,(H,30,33). The molecular weight excluding hydrogens is 422 g/mol. The fourth-order valence-corrected chi connectivity index (χ4v) is 5.68. The molecule has 5 heteroatoms. The van der Waals surface area contributed by atoms with E-state index in [1.54, 1.807) is 12.7 Å². The number of piperidine rings is 1. The molecule has 1 N–H and O–H groups in total. The Kier molecular flexibility index (Phi) is 7.31. The van der Waals surface area contributed by atoms with E-state index < -0.39 is 0 Å². The summed E-state index contributed by atoms with van der Waals surface area (Å²) in [6.45, 7) is 5.99. The number of fused-ring (bicyclic) bond motifs is 1. The van der Waals surface area contributed by atoms with Crippen molar-refractivity contribution in [1.29, 1.82) is 0 Å². The number of nitrogens with one attached hydrogen (secondary N) is 1. The molecule has 0 spiro atoms. The number of hydrogen-bond donors (Lipinski definition) is 1. The number of aryl methyl sites for hydroxylation is 1. The molecule has 34 heavy (non-hydrogen) atoms. The lowest BCUT2D eigenvalue weighted by molar-refractivity contribution is -0.117. The van der Waals surface area contributed by atoms with Gasteiger partial charge in [-0.25, -0.2) is 0 Å². The molecule has 2 aromatic rings. The normalized spacial score (nSPS) is 19.5. The van der Waals surface area contributed by atoms with E-state index in [0.29, 0.717) is 12.5 Å². The largest absolute Gasteiger partial charge is 0.497 e.